The standard InChI is InChI=1S/C27H29N3O2S/c1-5-18-6-8-19(9-7-18)25(32)30-26(33)29-23-16-14-22(15-17-23)28-24(31)20-10-12-21(13-11-20)27(2,3)4/h6-17H,5H2,1-4H3,(H,28,31)(H2,29,30,32,33). The zero-order valence-corrected chi connectivity index (χ0v) is 20.2. The third-order valence-electron chi connectivity index (χ3n) is 5.27. The van der Waals surface area contributed by atoms with Crippen molar-refractivity contribution in [3.05, 3.63) is 95.1 Å². The summed E-state index contributed by atoms with van der Waals surface area (Å²) in [6.07, 6.45) is 0.918. The van der Waals surface area contributed by atoms with Crippen molar-refractivity contribution < 1.29 is 9.59 Å². The van der Waals surface area contributed by atoms with E-state index in [2.05, 4.69) is 43.6 Å². The summed E-state index contributed by atoms with van der Waals surface area (Å²) in [6.45, 7) is 8.48. The highest BCUT2D eigenvalue weighted by Gasteiger charge is 2.14. The van der Waals surface area contributed by atoms with Crippen molar-refractivity contribution in [2.24, 2.45) is 0 Å². The van der Waals surface area contributed by atoms with Gasteiger partial charge in [0.05, 0.1) is 0 Å². The van der Waals surface area contributed by atoms with Gasteiger partial charge in [0.25, 0.3) is 11.8 Å². The summed E-state index contributed by atoms with van der Waals surface area (Å²) in [5.74, 6) is -0.440. The van der Waals surface area contributed by atoms with Crippen molar-refractivity contribution in [2.45, 2.75) is 39.5 Å². The normalized spacial score (nSPS) is 10.9. The molecule has 6 heteroatoms. The molecule has 0 fully saturated rings. The van der Waals surface area contributed by atoms with Gasteiger partial charge in [-0.15, -0.1) is 0 Å². The lowest BCUT2D eigenvalue weighted by atomic mass is 9.87. The molecule has 33 heavy (non-hydrogen) atoms. The maximum Gasteiger partial charge on any atom is 0.257 e. The largest absolute Gasteiger partial charge is 0.332 e. The fourth-order valence-electron chi connectivity index (χ4n) is 3.19. The Morgan fingerprint density at radius 3 is 1.73 bits per heavy atom. The average Bonchev–Trinajstić information content (AvgIpc) is 2.79. The third kappa shape index (κ3) is 6.73. The van der Waals surface area contributed by atoms with Gasteiger partial charge in [0.2, 0.25) is 0 Å². The van der Waals surface area contributed by atoms with Crippen LogP contribution in [0.15, 0.2) is 72.8 Å². The Morgan fingerprint density at radius 1 is 0.727 bits per heavy atom. The number of amides is 2. The second-order valence-electron chi connectivity index (χ2n) is 8.82. The second-order valence-corrected chi connectivity index (χ2v) is 9.23. The summed E-state index contributed by atoms with van der Waals surface area (Å²) in [5.41, 5.74) is 4.89. The number of carbonyl (C=O) groups is 2. The topological polar surface area (TPSA) is 70.2 Å². The van der Waals surface area contributed by atoms with Crippen LogP contribution in [0.3, 0.4) is 0 Å². The number of nitrogens with one attached hydrogen (secondary N) is 3. The van der Waals surface area contributed by atoms with Crippen LogP contribution in [-0.4, -0.2) is 16.9 Å². The Labute approximate surface area is 200 Å². The molecule has 3 rings (SSSR count). The number of anilines is 2. The van der Waals surface area contributed by atoms with E-state index in [0.29, 0.717) is 22.5 Å². The fourth-order valence-corrected chi connectivity index (χ4v) is 3.40. The predicted octanol–water partition coefficient (Wildman–Crippen LogP) is 5.93. The summed E-state index contributed by atoms with van der Waals surface area (Å²) in [4.78, 5) is 24.9. The van der Waals surface area contributed by atoms with Gasteiger partial charge in [0.15, 0.2) is 5.11 Å². The summed E-state index contributed by atoms with van der Waals surface area (Å²) in [6, 6.07) is 22.2. The van der Waals surface area contributed by atoms with Gasteiger partial charge in [0, 0.05) is 22.5 Å². The molecule has 0 saturated heterocycles. The Morgan fingerprint density at radius 2 is 1.21 bits per heavy atom. The van der Waals surface area contributed by atoms with E-state index >= 15 is 0 Å². The highest BCUT2D eigenvalue weighted by atomic mass is 32.1. The zero-order chi connectivity index (χ0) is 24.0. The van der Waals surface area contributed by atoms with Crippen LogP contribution in [0.1, 0.15) is 59.5 Å². The van der Waals surface area contributed by atoms with Crippen molar-refractivity contribution in [1.29, 1.82) is 0 Å². The lowest BCUT2D eigenvalue weighted by Gasteiger charge is -2.19. The first-order valence-corrected chi connectivity index (χ1v) is 11.3. The lowest BCUT2D eigenvalue weighted by molar-refractivity contribution is 0.0976. The molecular weight excluding hydrogens is 430 g/mol. The Balaban J connectivity index is 1.54. The van der Waals surface area contributed by atoms with Crippen LogP contribution in [0.5, 0.6) is 0 Å². The minimum Gasteiger partial charge on any atom is -0.332 e. The van der Waals surface area contributed by atoms with Crippen LogP contribution in [0.2, 0.25) is 0 Å². The molecule has 3 aromatic rings. The Hall–Kier alpha value is -3.51. The molecule has 0 aliphatic rings. The smallest absolute Gasteiger partial charge is 0.257 e. The minimum absolute atomic E-state index is 0.0393. The van der Waals surface area contributed by atoms with Gasteiger partial charge in [-0.3, -0.25) is 14.9 Å². The summed E-state index contributed by atoms with van der Waals surface area (Å²) in [5, 5.41) is 8.76. The lowest BCUT2D eigenvalue weighted by Crippen LogP contribution is -2.34. The highest BCUT2D eigenvalue weighted by Crippen LogP contribution is 2.22. The number of rotatable bonds is 5. The second kappa shape index (κ2) is 10.4. The highest BCUT2D eigenvalue weighted by molar-refractivity contribution is 7.80. The molecule has 170 valence electrons. The van der Waals surface area contributed by atoms with Gasteiger partial charge in [-0.2, -0.15) is 0 Å². The molecular formula is C27H29N3O2S. The van der Waals surface area contributed by atoms with E-state index in [4.69, 9.17) is 12.2 Å². The molecule has 0 aliphatic carbocycles. The Bertz CT molecular complexity index is 1130. The molecule has 3 N–H and O–H groups in total. The van der Waals surface area contributed by atoms with Crippen LogP contribution in [0.25, 0.3) is 0 Å². The molecule has 0 bridgehead atoms. The third-order valence-corrected chi connectivity index (χ3v) is 5.47. The van der Waals surface area contributed by atoms with Crippen LogP contribution in [0.4, 0.5) is 11.4 Å². The molecule has 0 saturated carbocycles. The average molecular weight is 460 g/mol. The molecule has 2 amide bonds. The number of carbonyl (C=O) groups excluding carboxylic acids is 2. The van der Waals surface area contributed by atoms with Crippen molar-refractivity contribution in [1.82, 2.24) is 5.32 Å². The first kappa shape index (κ1) is 24.1. The molecule has 0 aromatic heterocycles. The molecule has 0 radical (unpaired) electrons. The van der Waals surface area contributed by atoms with Crippen molar-refractivity contribution in [2.75, 3.05) is 10.6 Å². The summed E-state index contributed by atoms with van der Waals surface area (Å²) >= 11 is 5.25. The van der Waals surface area contributed by atoms with Crippen LogP contribution >= 0.6 is 12.2 Å². The number of thiocarbonyl (C=S) groups is 1. The van der Waals surface area contributed by atoms with E-state index in [-0.39, 0.29) is 22.3 Å². The van der Waals surface area contributed by atoms with E-state index in [1.165, 1.54) is 11.1 Å². The first-order chi connectivity index (χ1) is 15.7. The van der Waals surface area contributed by atoms with Crippen LogP contribution in [0, 0.1) is 0 Å². The minimum atomic E-state index is -0.267. The number of hydrogen-bond donors (Lipinski definition) is 3. The van der Waals surface area contributed by atoms with Gasteiger partial charge in [-0.25, -0.2) is 0 Å². The molecule has 0 unspecified atom stereocenters. The molecule has 0 heterocycles. The van der Waals surface area contributed by atoms with Gasteiger partial charge < -0.3 is 10.6 Å². The molecule has 0 aliphatic heterocycles. The SMILES string of the molecule is CCc1ccc(C(=O)NC(=S)Nc2ccc(NC(=O)c3ccc(C(C)(C)C)cc3)cc2)cc1. The van der Waals surface area contributed by atoms with E-state index in [0.717, 1.165) is 6.42 Å². The van der Waals surface area contributed by atoms with Gasteiger partial charge in [0.1, 0.15) is 0 Å². The van der Waals surface area contributed by atoms with E-state index in [9.17, 15) is 9.59 Å². The van der Waals surface area contributed by atoms with E-state index in [1.807, 2.05) is 36.4 Å². The number of benzene rings is 3. The van der Waals surface area contributed by atoms with Crippen molar-refractivity contribution >= 4 is 40.5 Å². The maximum atomic E-state index is 12.5. The fraction of sp³-hybridized carbons (Fsp3) is 0.222. The Kier molecular flexibility index (Phi) is 7.61. The van der Waals surface area contributed by atoms with Crippen molar-refractivity contribution in [3.63, 3.8) is 0 Å². The zero-order valence-electron chi connectivity index (χ0n) is 19.4. The van der Waals surface area contributed by atoms with Crippen LogP contribution < -0.4 is 16.0 Å². The van der Waals surface area contributed by atoms with E-state index in [1.54, 1.807) is 36.4 Å². The molecule has 5 nitrogen and oxygen atoms in total. The number of hydrogen-bond acceptors (Lipinski definition) is 3. The van der Waals surface area contributed by atoms with Gasteiger partial charge in [-0.05, 0) is 83.7 Å². The quantitative estimate of drug-likeness (QED) is 0.414. The van der Waals surface area contributed by atoms with Crippen molar-refractivity contribution in [3.8, 4) is 0 Å². The molecule has 0 atom stereocenters. The first-order valence-electron chi connectivity index (χ1n) is 10.9. The van der Waals surface area contributed by atoms with E-state index < -0.39 is 0 Å². The number of aryl methyl sites for hydroxylation is 1. The van der Waals surface area contributed by atoms with Crippen LogP contribution in [-0.2, 0) is 11.8 Å². The van der Waals surface area contributed by atoms with Gasteiger partial charge >= 0.3 is 0 Å². The monoisotopic (exact) mass is 459 g/mol. The predicted molar refractivity (Wildman–Crippen MR) is 139 cm³/mol. The maximum absolute atomic E-state index is 12.5. The van der Waals surface area contributed by atoms with Gasteiger partial charge in [-0.1, -0.05) is 52.0 Å². The summed E-state index contributed by atoms with van der Waals surface area (Å²) < 4.78 is 0. The summed E-state index contributed by atoms with van der Waals surface area (Å²) in [7, 11) is 0. The molecule has 0 spiro atoms. The molecule has 3 aromatic carbocycles.